The number of carbonyl (C=O) groups excluding carboxylic acids is 1. The van der Waals surface area contributed by atoms with Gasteiger partial charge in [-0.15, -0.1) is 12.4 Å². The lowest BCUT2D eigenvalue weighted by atomic mass is 9.93. The van der Waals surface area contributed by atoms with E-state index in [1.807, 2.05) is 35.2 Å². The summed E-state index contributed by atoms with van der Waals surface area (Å²) in [7, 11) is 0. The molecule has 1 aliphatic rings. The summed E-state index contributed by atoms with van der Waals surface area (Å²) in [6, 6.07) is 18.3. The first kappa shape index (κ1) is 17.4. The summed E-state index contributed by atoms with van der Waals surface area (Å²) in [6.45, 7) is 3.00. The van der Waals surface area contributed by atoms with Gasteiger partial charge < -0.3 is 10.6 Å². The number of likely N-dealkylation sites (tertiary alicyclic amines) is 1. The molecule has 1 fully saturated rings. The Labute approximate surface area is 143 Å². The Morgan fingerprint density at radius 2 is 1.78 bits per heavy atom. The molecule has 3 rings (SSSR count). The third-order valence-electron chi connectivity index (χ3n) is 4.64. The Kier molecular flexibility index (Phi) is 5.67. The second kappa shape index (κ2) is 7.51. The molecule has 0 saturated carbocycles. The zero-order valence-corrected chi connectivity index (χ0v) is 14.1. The predicted octanol–water partition coefficient (Wildman–Crippen LogP) is 3.64. The molecule has 1 amide bonds. The summed E-state index contributed by atoms with van der Waals surface area (Å²) in [5, 5.41) is 0. The zero-order chi connectivity index (χ0) is 15.5. The fourth-order valence-corrected chi connectivity index (χ4v) is 3.35. The normalized spacial score (nSPS) is 20.1. The summed E-state index contributed by atoms with van der Waals surface area (Å²) >= 11 is 0. The second-order valence-corrected chi connectivity index (χ2v) is 6.05. The fourth-order valence-electron chi connectivity index (χ4n) is 3.35. The summed E-state index contributed by atoms with van der Waals surface area (Å²) in [4.78, 5) is 14.6. The lowest BCUT2D eigenvalue weighted by molar-refractivity contribution is -0.131. The quantitative estimate of drug-likeness (QED) is 0.873. The van der Waals surface area contributed by atoms with Gasteiger partial charge in [0.15, 0.2) is 0 Å². The van der Waals surface area contributed by atoms with Gasteiger partial charge in [0, 0.05) is 24.2 Å². The summed E-state index contributed by atoms with van der Waals surface area (Å²) in [6.07, 6.45) is 1.49. The molecule has 4 heteroatoms. The molecule has 0 aliphatic carbocycles. The van der Waals surface area contributed by atoms with Crippen molar-refractivity contribution in [3.63, 3.8) is 0 Å². The lowest BCUT2D eigenvalue weighted by Crippen LogP contribution is -2.36. The highest BCUT2D eigenvalue weighted by Gasteiger charge is 2.34. The van der Waals surface area contributed by atoms with Gasteiger partial charge in [-0.25, -0.2) is 0 Å². The van der Waals surface area contributed by atoms with Gasteiger partial charge >= 0.3 is 0 Å². The third-order valence-corrected chi connectivity index (χ3v) is 4.64. The van der Waals surface area contributed by atoms with Crippen molar-refractivity contribution in [2.75, 3.05) is 12.3 Å². The van der Waals surface area contributed by atoms with Gasteiger partial charge in [0.25, 0.3) is 0 Å². The van der Waals surface area contributed by atoms with Crippen LogP contribution in [0.25, 0.3) is 0 Å². The maximum Gasteiger partial charge on any atom is 0.227 e. The van der Waals surface area contributed by atoms with E-state index in [0.717, 1.165) is 24.2 Å². The number of halogens is 1. The van der Waals surface area contributed by atoms with E-state index in [0.29, 0.717) is 12.3 Å². The van der Waals surface area contributed by atoms with Crippen LogP contribution in [-0.4, -0.2) is 23.4 Å². The zero-order valence-electron chi connectivity index (χ0n) is 13.3. The van der Waals surface area contributed by atoms with E-state index in [2.05, 4.69) is 31.2 Å². The molecular weight excluding hydrogens is 308 g/mol. The van der Waals surface area contributed by atoms with Gasteiger partial charge in [0.05, 0.1) is 6.42 Å². The smallest absolute Gasteiger partial charge is 0.227 e. The van der Waals surface area contributed by atoms with Crippen LogP contribution < -0.4 is 5.73 Å². The summed E-state index contributed by atoms with van der Waals surface area (Å²) < 4.78 is 0. The highest BCUT2D eigenvalue weighted by Crippen LogP contribution is 2.33. The molecule has 1 heterocycles. The predicted molar refractivity (Wildman–Crippen MR) is 96.8 cm³/mol. The van der Waals surface area contributed by atoms with E-state index in [9.17, 15) is 4.79 Å². The number of carbonyl (C=O) groups is 1. The van der Waals surface area contributed by atoms with Crippen LogP contribution in [0.2, 0.25) is 0 Å². The number of hydrogen-bond acceptors (Lipinski definition) is 2. The minimum atomic E-state index is 0. The SMILES string of the molecule is CC1C(c2ccccc2)CCN1C(=O)Cc1ccc(N)cc1.Cl. The number of nitrogens with two attached hydrogens (primary N) is 1. The molecule has 1 saturated heterocycles. The van der Waals surface area contributed by atoms with Crippen molar-refractivity contribution >= 4 is 24.0 Å². The molecule has 1 aliphatic heterocycles. The maximum atomic E-state index is 12.6. The molecule has 0 radical (unpaired) electrons. The Morgan fingerprint density at radius 1 is 1.13 bits per heavy atom. The van der Waals surface area contributed by atoms with Gasteiger partial charge in [-0.3, -0.25) is 4.79 Å². The van der Waals surface area contributed by atoms with Crippen LogP contribution in [0.15, 0.2) is 54.6 Å². The van der Waals surface area contributed by atoms with Gasteiger partial charge in [0.2, 0.25) is 5.91 Å². The van der Waals surface area contributed by atoms with Crippen molar-refractivity contribution < 1.29 is 4.79 Å². The van der Waals surface area contributed by atoms with E-state index in [4.69, 9.17) is 5.73 Å². The number of nitrogen functional groups attached to an aromatic ring is 1. The standard InChI is InChI=1S/C19H22N2O.ClH/c1-14-18(16-5-3-2-4-6-16)11-12-21(14)19(22)13-15-7-9-17(20)10-8-15;/h2-10,14,18H,11-13,20H2,1H3;1H. The first-order chi connectivity index (χ1) is 10.6. The molecule has 0 bridgehead atoms. The van der Waals surface area contributed by atoms with E-state index in [1.54, 1.807) is 0 Å². The Balaban J connectivity index is 0.00000192. The molecule has 3 nitrogen and oxygen atoms in total. The fraction of sp³-hybridized carbons (Fsp3) is 0.316. The number of anilines is 1. The molecule has 0 spiro atoms. The van der Waals surface area contributed by atoms with Crippen molar-refractivity contribution in [1.82, 2.24) is 4.90 Å². The van der Waals surface area contributed by atoms with E-state index in [-0.39, 0.29) is 24.4 Å². The number of rotatable bonds is 3. The largest absolute Gasteiger partial charge is 0.399 e. The van der Waals surface area contributed by atoms with Crippen LogP contribution in [0.5, 0.6) is 0 Å². The number of hydrogen-bond donors (Lipinski definition) is 1. The van der Waals surface area contributed by atoms with Crippen molar-refractivity contribution in [2.45, 2.75) is 31.7 Å². The average Bonchev–Trinajstić information content (AvgIpc) is 2.92. The van der Waals surface area contributed by atoms with E-state index in [1.165, 1.54) is 5.56 Å². The Morgan fingerprint density at radius 3 is 2.43 bits per heavy atom. The van der Waals surface area contributed by atoms with Crippen LogP contribution in [0.4, 0.5) is 5.69 Å². The Hall–Kier alpha value is -2.00. The molecule has 2 unspecified atom stereocenters. The van der Waals surface area contributed by atoms with Crippen molar-refractivity contribution in [3.8, 4) is 0 Å². The maximum absolute atomic E-state index is 12.6. The average molecular weight is 331 g/mol. The minimum absolute atomic E-state index is 0. The van der Waals surface area contributed by atoms with Crippen molar-refractivity contribution in [3.05, 3.63) is 65.7 Å². The first-order valence-electron chi connectivity index (χ1n) is 7.84. The third kappa shape index (κ3) is 3.85. The summed E-state index contributed by atoms with van der Waals surface area (Å²) in [5.41, 5.74) is 8.77. The molecule has 2 aromatic rings. The van der Waals surface area contributed by atoms with Crippen LogP contribution in [0, 0.1) is 0 Å². The van der Waals surface area contributed by atoms with Crippen LogP contribution in [0.3, 0.4) is 0 Å². The molecule has 2 aromatic carbocycles. The monoisotopic (exact) mass is 330 g/mol. The number of amides is 1. The topological polar surface area (TPSA) is 46.3 Å². The molecule has 0 aromatic heterocycles. The van der Waals surface area contributed by atoms with Crippen molar-refractivity contribution in [2.24, 2.45) is 0 Å². The van der Waals surface area contributed by atoms with Gasteiger partial charge in [-0.05, 0) is 36.6 Å². The van der Waals surface area contributed by atoms with Gasteiger partial charge in [0.1, 0.15) is 0 Å². The molecular formula is C19H23ClN2O. The van der Waals surface area contributed by atoms with Crippen LogP contribution in [-0.2, 0) is 11.2 Å². The van der Waals surface area contributed by atoms with Gasteiger partial charge in [-0.2, -0.15) is 0 Å². The Bertz CT molecular complexity index is 642. The highest BCUT2D eigenvalue weighted by molar-refractivity contribution is 5.85. The number of benzene rings is 2. The van der Waals surface area contributed by atoms with E-state index >= 15 is 0 Å². The second-order valence-electron chi connectivity index (χ2n) is 6.05. The molecule has 2 N–H and O–H groups in total. The van der Waals surface area contributed by atoms with Crippen LogP contribution in [0.1, 0.15) is 30.4 Å². The highest BCUT2D eigenvalue weighted by atomic mass is 35.5. The lowest BCUT2D eigenvalue weighted by Gasteiger charge is -2.25. The summed E-state index contributed by atoms with van der Waals surface area (Å²) in [5.74, 6) is 0.646. The first-order valence-corrected chi connectivity index (χ1v) is 7.84. The van der Waals surface area contributed by atoms with E-state index < -0.39 is 0 Å². The van der Waals surface area contributed by atoms with Gasteiger partial charge in [-0.1, -0.05) is 42.5 Å². The molecule has 2 atom stereocenters. The molecule has 23 heavy (non-hydrogen) atoms. The van der Waals surface area contributed by atoms with Crippen LogP contribution >= 0.6 is 12.4 Å². The minimum Gasteiger partial charge on any atom is -0.399 e. The number of nitrogens with zero attached hydrogens (tertiary/aromatic N) is 1. The molecule has 122 valence electrons. The van der Waals surface area contributed by atoms with Crippen molar-refractivity contribution in [1.29, 1.82) is 0 Å².